The number of anilines is 1. The van der Waals surface area contributed by atoms with E-state index in [4.69, 9.17) is 12.2 Å². The van der Waals surface area contributed by atoms with Gasteiger partial charge in [-0.25, -0.2) is 0 Å². The van der Waals surface area contributed by atoms with Crippen LogP contribution in [-0.2, 0) is 0 Å². The summed E-state index contributed by atoms with van der Waals surface area (Å²) in [6.45, 7) is 8.98. The summed E-state index contributed by atoms with van der Waals surface area (Å²) in [5.74, 6) is 3.49. The van der Waals surface area contributed by atoms with Gasteiger partial charge in [-0.15, -0.1) is 12.3 Å². The SMILES string of the molecule is C#CCCC(CCC)N1CCC(c2cc(C)c(N)cc2C)CC1. The number of hydrogen-bond donors (Lipinski definition) is 1. The van der Waals surface area contributed by atoms with E-state index in [1.165, 1.54) is 55.5 Å². The van der Waals surface area contributed by atoms with Crippen LogP contribution in [0, 0.1) is 26.2 Å². The largest absolute Gasteiger partial charge is 0.399 e. The summed E-state index contributed by atoms with van der Waals surface area (Å²) >= 11 is 0. The molecule has 1 atom stereocenters. The standard InChI is InChI=1S/C21H32N2/c1-5-7-9-19(8-6-2)23-12-10-18(11-13-23)20-14-17(4)21(22)15-16(20)3/h1,14-15,18-19H,6-13,22H2,2-4H3. The van der Waals surface area contributed by atoms with Gasteiger partial charge in [0.2, 0.25) is 0 Å². The molecular weight excluding hydrogens is 280 g/mol. The van der Waals surface area contributed by atoms with Gasteiger partial charge >= 0.3 is 0 Å². The van der Waals surface area contributed by atoms with E-state index in [9.17, 15) is 0 Å². The minimum atomic E-state index is 0.672. The first-order valence-electron chi connectivity index (χ1n) is 9.11. The van der Waals surface area contributed by atoms with E-state index < -0.39 is 0 Å². The lowest BCUT2D eigenvalue weighted by Gasteiger charge is -2.38. The summed E-state index contributed by atoms with van der Waals surface area (Å²) in [6, 6.07) is 5.13. The monoisotopic (exact) mass is 312 g/mol. The van der Waals surface area contributed by atoms with Crippen LogP contribution >= 0.6 is 0 Å². The molecule has 2 rings (SSSR count). The summed E-state index contributed by atoms with van der Waals surface area (Å²) in [5.41, 5.74) is 11.0. The Hall–Kier alpha value is -1.46. The Kier molecular flexibility index (Phi) is 6.54. The number of benzene rings is 1. The van der Waals surface area contributed by atoms with Gasteiger partial charge in [0.25, 0.3) is 0 Å². The summed E-state index contributed by atoms with van der Waals surface area (Å²) < 4.78 is 0. The van der Waals surface area contributed by atoms with Gasteiger partial charge in [0, 0.05) is 18.2 Å². The molecule has 0 amide bonds. The smallest absolute Gasteiger partial charge is 0.0346 e. The molecule has 1 unspecified atom stereocenters. The van der Waals surface area contributed by atoms with Gasteiger partial charge in [-0.2, -0.15) is 0 Å². The molecule has 0 radical (unpaired) electrons. The molecule has 23 heavy (non-hydrogen) atoms. The van der Waals surface area contributed by atoms with Crippen LogP contribution in [0.25, 0.3) is 0 Å². The molecule has 1 aliphatic heterocycles. The zero-order valence-corrected chi connectivity index (χ0v) is 15.1. The van der Waals surface area contributed by atoms with Gasteiger partial charge in [-0.1, -0.05) is 19.4 Å². The molecule has 0 aliphatic carbocycles. The molecule has 0 bridgehead atoms. The molecular formula is C21H32N2. The fourth-order valence-electron chi connectivity index (χ4n) is 3.97. The van der Waals surface area contributed by atoms with Crippen molar-refractivity contribution in [2.24, 2.45) is 0 Å². The Morgan fingerprint density at radius 3 is 2.52 bits per heavy atom. The summed E-state index contributed by atoms with van der Waals surface area (Å²) in [5, 5.41) is 0. The molecule has 126 valence electrons. The minimum absolute atomic E-state index is 0.672. The highest BCUT2D eigenvalue weighted by molar-refractivity contribution is 5.52. The van der Waals surface area contributed by atoms with Crippen molar-refractivity contribution < 1.29 is 0 Å². The number of aryl methyl sites for hydroxylation is 2. The molecule has 1 fully saturated rings. The van der Waals surface area contributed by atoms with E-state index in [-0.39, 0.29) is 0 Å². The van der Waals surface area contributed by atoms with Gasteiger partial charge in [0.1, 0.15) is 0 Å². The van der Waals surface area contributed by atoms with E-state index >= 15 is 0 Å². The Morgan fingerprint density at radius 2 is 1.91 bits per heavy atom. The quantitative estimate of drug-likeness (QED) is 0.612. The predicted octanol–water partition coefficient (Wildman–Crippen LogP) is 4.65. The fourth-order valence-corrected chi connectivity index (χ4v) is 3.97. The average Bonchev–Trinajstić information content (AvgIpc) is 2.55. The first kappa shape index (κ1) is 17.9. The second-order valence-corrected chi connectivity index (χ2v) is 7.06. The molecule has 1 heterocycles. The summed E-state index contributed by atoms with van der Waals surface area (Å²) in [6.07, 6.45) is 12.5. The van der Waals surface area contributed by atoms with Gasteiger partial charge in [0.05, 0.1) is 0 Å². The number of nitrogen functional groups attached to an aromatic ring is 1. The number of terminal acetylenes is 1. The van der Waals surface area contributed by atoms with Crippen LogP contribution in [0.4, 0.5) is 5.69 Å². The Labute approximate surface area is 142 Å². The van der Waals surface area contributed by atoms with Gasteiger partial charge < -0.3 is 10.6 Å². The van der Waals surface area contributed by atoms with Crippen molar-refractivity contribution in [3.8, 4) is 12.3 Å². The van der Waals surface area contributed by atoms with E-state index in [0.717, 1.165) is 18.5 Å². The number of nitrogens with two attached hydrogens (primary N) is 1. The first-order valence-corrected chi connectivity index (χ1v) is 9.11. The molecule has 1 aromatic rings. The van der Waals surface area contributed by atoms with Crippen LogP contribution in [0.2, 0.25) is 0 Å². The molecule has 0 spiro atoms. The maximum absolute atomic E-state index is 6.04. The van der Waals surface area contributed by atoms with Crippen LogP contribution in [0.15, 0.2) is 12.1 Å². The predicted molar refractivity (Wildman–Crippen MR) is 101 cm³/mol. The minimum Gasteiger partial charge on any atom is -0.399 e. The normalized spacial score (nSPS) is 17.8. The van der Waals surface area contributed by atoms with Crippen LogP contribution in [0.5, 0.6) is 0 Å². The highest BCUT2D eigenvalue weighted by Gasteiger charge is 2.26. The van der Waals surface area contributed by atoms with Crippen molar-refractivity contribution in [1.82, 2.24) is 4.90 Å². The number of rotatable bonds is 6. The van der Waals surface area contributed by atoms with Crippen molar-refractivity contribution in [1.29, 1.82) is 0 Å². The number of piperidine rings is 1. The van der Waals surface area contributed by atoms with Gasteiger partial charge in [-0.05, 0) is 81.3 Å². The molecule has 0 saturated carbocycles. The zero-order valence-electron chi connectivity index (χ0n) is 15.1. The maximum Gasteiger partial charge on any atom is 0.0346 e. The second kappa shape index (κ2) is 8.41. The lowest BCUT2D eigenvalue weighted by molar-refractivity contribution is 0.138. The third-order valence-electron chi connectivity index (χ3n) is 5.38. The molecule has 1 saturated heterocycles. The van der Waals surface area contributed by atoms with Crippen LogP contribution in [0.3, 0.4) is 0 Å². The van der Waals surface area contributed by atoms with Crippen LogP contribution in [-0.4, -0.2) is 24.0 Å². The van der Waals surface area contributed by atoms with Crippen molar-refractivity contribution in [3.63, 3.8) is 0 Å². The highest BCUT2D eigenvalue weighted by Crippen LogP contribution is 2.33. The third kappa shape index (κ3) is 4.52. The Morgan fingerprint density at radius 1 is 1.22 bits per heavy atom. The third-order valence-corrected chi connectivity index (χ3v) is 5.38. The molecule has 2 N–H and O–H groups in total. The summed E-state index contributed by atoms with van der Waals surface area (Å²) in [4.78, 5) is 2.68. The van der Waals surface area contributed by atoms with E-state index in [2.05, 4.69) is 43.7 Å². The van der Waals surface area contributed by atoms with Crippen molar-refractivity contribution in [3.05, 3.63) is 28.8 Å². The average molecular weight is 313 g/mol. The molecule has 0 aromatic heterocycles. The van der Waals surface area contributed by atoms with E-state index in [1.54, 1.807) is 0 Å². The lowest BCUT2D eigenvalue weighted by atomic mass is 9.85. The van der Waals surface area contributed by atoms with Crippen LogP contribution in [0.1, 0.15) is 68.1 Å². The van der Waals surface area contributed by atoms with E-state index in [0.29, 0.717) is 12.0 Å². The Balaban J connectivity index is 2.00. The van der Waals surface area contributed by atoms with E-state index in [1.807, 2.05) is 0 Å². The second-order valence-electron chi connectivity index (χ2n) is 7.06. The number of nitrogens with zero attached hydrogens (tertiary/aromatic N) is 1. The van der Waals surface area contributed by atoms with Crippen LogP contribution < -0.4 is 5.73 Å². The fraction of sp³-hybridized carbons (Fsp3) is 0.619. The Bertz CT molecular complexity index is 548. The van der Waals surface area contributed by atoms with Crippen molar-refractivity contribution in [2.45, 2.75) is 71.3 Å². The molecule has 1 aliphatic rings. The first-order chi connectivity index (χ1) is 11.1. The van der Waals surface area contributed by atoms with Gasteiger partial charge in [-0.3, -0.25) is 0 Å². The molecule has 1 aromatic carbocycles. The lowest BCUT2D eigenvalue weighted by Crippen LogP contribution is -2.41. The van der Waals surface area contributed by atoms with Crippen molar-refractivity contribution in [2.75, 3.05) is 18.8 Å². The maximum atomic E-state index is 6.04. The van der Waals surface area contributed by atoms with Gasteiger partial charge in [0.15, 0.2) is 0 Å². The molecule has 2 heteroatoms. The zero-order chi connectivity index (χ0) is 16.8. The van der Waals surface area contributed by atoms with Crippen molar-refractivity contribution >= 4 is 5.69 Å². The molecule has 2 nitrogen and oxygen atoms in total. The number of hydrogen-bond acceptors (Lipinski definition) is 2. The summed E-state index contributed by atoms with van der Waals surface area (Å²) in [7, 11) is 0. The highest BCUT2D eigenvalue weighted by atomic mass is 15.2. The topological polar surface area (TPSA) is 29.3 Å². The number of likely N-dealkylation sites (tertiary alicyclic amines) is 1.